The number of benzene rings is 2. The topological polar surface area (TPSA) is 34.9 Å². The van der Waals surface area contributed by atoms with Gasteiger partial charge in [-0.3, -0.25) is 9.36 Å². The van der Waals surface area contributed by atoms with Crippen LogP contribution in [-0.4, -0.2) is 9.55 Å². The zero-order valence-electron chi connectivity index (χ0n) is 15.7. The zero-order chi connectivity index (χ0) is 20.0. The number of nitrogens with zero attached hydrogens (tertiary/aromatic N) is 2. The Morgan fingerprint density at radius 2 is 1.93 bits per heavy atom. The lowest BCUT2D eigenvalue weighted by Gasteiger charge is -2.10. The van der Waals surface area contributed by atoms with Gasteiger partial charge < -0.3 is 0 Å². The van der Waals surface area contributed by atoms with Gasteiger partial charge in [0.15, 0.2) is 0 Å². The molecule has 2 aromatic heterocycles. The number of rotatable bonds is 3. The molecule has 0 radical (unpaired) electrons. The molecule has 2 aromatic carbocycles. The Kier molecular flexibility index (Phi) is 4.81. The fourth-order valence-corrected chi connectivity index (χ4v) is 4.57. The van der Waals surface area contributed by atoms with Crippen LogP contribution in [0.4, 0.5) is 4.39 Å². The smallest absolute Gasteiger partial charge is 0.263 e. The van der Waals surface area contributed by atoms with Crippen molar-refractivity contribution in [1.82, 2.24) is 9.55 Å². The molecule has 0 aliphatic heterocycles. The second-order valence-electron chi connectivity index (χ2n) is 6.89. The number of aromatic nitrogens is 2. The van der Waals surface area contributed by atoms with Gasteiger partial charge in [0.05, 0.1) is 18.3 Å². The molecule has 0 saturated heterocycles. The second kappa shape index (κ2) is 7.15. The minimum Gasteiger partial charge on any atom is -0.294 e. The van der Waals surface area contributed by atoms with Crippen molar-refractivity contribution >= 4 is 33.2 Å². The van der Waals surface area contributed by atoms with Crippen LogP contribution in [0.1, 0.15) is 21.6 Å². The summed E-state index contributed by atoms with van der Waals surface area (Å²) in [4.78, 5) is 19.5. The van der Waals surface area contributed by atoms with Gasteiger partial charge in [0, 0.05) is 21.0 Å². The van der Waals surface area contributed by atoms with Crippen molar-refractivity contribution in [3.05, 3.63) is 85.5 Å². The Morgan fingerprint density at radius 3 is 2.64 bits per heavy atom. The van der Waals surface area contributed by atoms with E-state index in [0.717, 1.165) is 16.0 Å². The van der Waals surface area contributed by atoms with E-state index in [1.54, 1.807) is 12.1 Å². The predicted molar refractivity (Wildman–Crippen MR) is 114 cm³/mol. The third kappa shape index (κ3) is 3.15. The molecule has 0 saturated carbocycles. The standard InChI is InChI=1S/C22H18ClFN2OS/c1-12-7-8-15(9-13(12)2)19-14(3)28-21-20(19)22(27)26(11-25-21)10-16-17(23)5-4-6-18(16)24/h4-9,11H,10H2,1-3H3. The van der Waals surface area contributed by atoms with Crippen molar-refractivity contribution in [3.8, 4) is 11.1 Å². The summed E-state index contributed by atoms with van der Waals surface area (Å²) in [7, 11) is 0. The molecule has 0 atom stereocenters. The van der Waals surface area contributed by atoms with Gasteiger partial charge in [0.2, 0.25) is 0 Å². The first-order valence-electron chi connectivity index (χ1n) is 8.86. The fourth-order valence-electron chi connectivity index (χ4n) is 3.35. The van der Waals surface area contributed by atoms with Crippen molar-refractivity contribution in [3.63, 3.8) is 0 Å². The Morgan fingerprint density at radius 1 is 1.14 bits per heavy atom. The molecule has 6 heteroatoms. The Hall–Kier alpha value is -2.50. The van der Waals surface area contributed by atoms with Crippen molar-refractivity contribution in [2.45, 2.75) is 27.3 Å². The van der Waals surface area contributed by atoms with Crippen LogP contribution in [0, 0.1) is 26.6 Å². The molecule has 2 heterocycles. The maximum absolute atomic E-state index is 14.2. The number of halogens is 2. The molecule has 28 heavy (non-hydrogen) atoms. The summed E-state index contributed by atoms with van der Waals surface area (Å²) in [6.07, 6.45) is 1.47. The molecule has 0 N–H and O–H groups in total. The molecule has 0 aliphatic rings. The van der Waals surface area contributed by atoms with Crippen molar-refractivity contribution in [1.29, 1.82) is 0 Å². The van der Waals surface area contributed by atoms with E-state index in [-0.39, 0.29) is 17.7 Å². The minimum atomic E-state index is -0.435. The summed E-state index contributed by atoms with van der Waals surface area (Å²) in [5, 5.41) is 0.864. The summed E-state index contributed by atoms with van der Waals surface area (Å²) in [6.45, 7) is 6.15. The van der Waals surface area contributed by atoms with Crippen LogP contribution in [0.25, 0.3) is 21.3 Å². The highest BCUT2D eigenvalue weighted by Crippen LogP contribution is 2.36. The van der Waals surface area contributed by atoms with E-state index in [0.29, 0.717) is 15.2 Å². The first-order valence-corrected chi connectivity index (χ1v) is 10.1. The minimum absolute atomic E-state index is 0.0362. The summed E-state index contributed by atoms with van der Waals surface area (Å²) >= 11 is 7.63. The summed E-state index contributed by atoms with van der Waals surface area (Å²) in [6, 6.07) is 10.7. The van der Waals surface area contributed by atoms with Crippen molar-refractivity contribution in [2.24, 2.45) is 0 Å². The van der Waals surface area contributed by atoms with Gasteiger partial charge in [-0.15, -0.1) is 11.3 Å². The van der Waals surface area contributed by atoms with Gasteiger partial charge in [0.1, 0.15) is 10.6 Å². The van der Waals surface area contributed by atoms with Gasteiger partial charge in [-0.1, -0.05) is 35.9 Å². The molecule has 0 spiro atoms. The zero-order valence-corrected chi connectivity index (χ0v) is 17.3. The first kappa shape index (κ1) is 18.8. The van der Waals surface area contributed by atoms with E-state index in [9.17, 15) is 9.18 Å². The largest absolute Gasteiger partial charge is 0.294 e. The van der Waals surface area contributed by atoms with Crippen LogP contribution < -0.4 is 5.56 Å². The van der Waals surface area contributed by atoms with E-state index in [1.165, 1.54) is 39.4 Å². The Labute approximate surface area is 171 Å². The summed E-state index contributed by atoms with van der Waals surface area (Å²) in [5.74, 6) is -0.435. The van der Waals surface area contributed by atoms with Crippen LogP contribution in [0.15, 0.2) is 47.5 Å². The third-order valence-electron chi connectivity index (χ3n) is 5.04. The monoisotopic (exact) mass is 412 g/mol. The average Bonchev–Trinajstić information content (AvgIpc) is 2.99. The lowest BCUT2D eigenvalue weighted by molar-refractivity contribution is 0.595. The molecule has 0 fully saturated rings. The van der Waals surface area contributed by atoms with E-state index >= 15 is 0 Å². The Balaban J connectivity index is 1.92. The Bertz CT molecular complexity index is 1260. The molecule has 0 bridgehead atoms. The molecule has 0 amide bonds. The number of hydrogen-bond donors (Lipinski definition) is 0. The van der Waals surface area contributed by atoms with Crippen LogP contribution in [0.3, 0.4) is 0 Å². The molecule has 3 nitrogen and oxygen atoms in total. The highest BCUT2D eigenvalue weighted by atomic mass is 35.5. The fraction of sp³-hybridized carbons (Fsp3) is 0.182. The van der Waals surface area contributed by atoms with Crippen LogP contribution in [-0.2, 0) is 6.54 Å². The number of hydrogen-bond acceptors (Lipinski definition) is 3. The molecule has 142 valence electrons. The molecule has 4 rings (SSSR count). The van der Waals surface area contributed by atoms with Crippen LogP contribution in [0.5, 0.6) is 0 Å². The number of fused-ring (bicyclic) bond motifs is 1. The van der Waals surface area contributed by atoms with E-state index in [4.69, 9.17) is 11.6 Å². The lowest BCUT2D eigenvalue weighted by Crippen LogP contribution is -2.21. The van der Waals surface area contributed by atoms with E-state index < -0.39 is 5.82 Å². The van der Waals surface area contributed by atoms with Gasteiger partial charge in [0.25, 0.3) is 5.56 Å². The second-order valence-corrected chi connectivity index (χ2v) is 8.50. The summed E-state index contributed by atoms with van der Waals surface area (Å²) < 4.78 is 15.6. The molecule has 4 aromatic rings. The SMILES string of the molecule is Cc1ccc(-c2c(C)sc3ncn(Cc4c(F)cccc4Cl)c(=O)c23)cc1C. The molecular formula is C22H18ClFN2OS. The van der Waals surface area contributed by atoms with Crippen LogP contribution >= 0.6 is 22.9 Å². The van der Waals surface area contributed by atoms with Gasteiger partial charge in [-0.25, -0.2) is 9.37 Å². The lowest BCUT2D eigenvalue weighted by atomic mass is 9.99. The van der Waals surface area contributed by atoms with Crippen molar-refractivity contribution < 1.29 is 4.39 Å². The molecule has 0 aliphatic carbocycles. The molecule has 0 unspecified atom stereocenters. The molecular weight excluding hydrogens is 395 g/mol. The van der Waals surface area contributed by atoms with E-state index in [2.05, 4.69) is 31.0 Å². The maximum atomic E-state index is 14.2. The highest BCUT2D eigenvalue weighted by molar-refractivity contribution is 7.19. The first-order chi connectivity index (χ1) is 13.4. The number of aryl methyl sites for hydroxylation is 3. The quantitative estimate of drug-likeness (QED) is 0.420. The normalized spacial score (nSPS) is 11.3. The average molecular weight is 413 g/mol. The third-order valence-corrected chi connectivity index (χ3v) is 6.41. The maximum Gasteiger partial charge on any atom is 0.263 e. The van der Waals surface area contributed by atoms with Crippen LogP contribution in [0.2, 0.25) is 5.02 Å². The highest BCUT2D eigenvalue weighted by Gasteiger charge is 2.18. The predicted octanol–water partition coefficient (Wildman–Crippen LogP) is 5.89. The van der Waals surface area contributed by atoms with Gasteiger partial charge >= 0.3 is 0 Å². The van der Waals surface area contributed by atoms with Gasteiger partial charge in [-0.05, 0) is 49.6 Å². The van der Waals surface area contributed by atoms with E-state index in [1.807, 2.05) is 13.0 Å². The van der Waals surface area contributed by atoms with Gasteiger partial charge in [-0.2, -0.15) is 0 Å². The number of thiophene rings is 1. The van der Waals surface area contributed by atoms with Crippen molar-refractivity contribution in [2.75, 3.05) is 0 Å². The summed E-state index contributed by atoms with van der Waals surface area (Å²) in [5.41, 5.74) is 4.35.